The van der Waals surface area contributed by atoms with Gasteiger partial charge in [0, 0.05) is 24.7 Å². The van der Waals surface area contributed by atoms with Crippen LogP contribution in [0.5, 0.6) is 0 Å². The Morgan fingerprint density at radius 3 is 2.64 bits per heavy atom. The van der Waals surface area contributed by atoms with Gasteiger partial charge < -0.3 is 15.8 Å². The molecule has 0 aliphatic carbocycles. The third-order valence-electron chi connectivity index (χ3n) is 3.48. The van der Waals surface area contributed by atoms with Crippen LogP contribution in [0.3, 0.4) is 0 Å². The standard InChI is InChI=1S/C11H24N2O/c1-8(2)10(12)7-13-11(4)5-6-14-9(11)3/h8-10,13H,5-7,12H2,1-4H3. The maximum absolute atomic E-state index is 6.00. The summed E-state index contributed by atoms with van der Waals surface area (Å²) < 4.78 is 5.56. The molecule has 0 amide bonds. The third kappa shape index (κ3) is 2.69. The summed E-state index contributed by atoms with van der Waals surface area (Å²) in [5.74, 6) is 0.531. The van der Waals surface area contributed by atoms with Gasteiger partial charge in [-0.15, -0.1) is 0 Å². The van der Waals surface area contributed by atoms with Crippen molar-refractivity contribution in [1.29, 1.82) is 0 Å². The molecule has 0 aromatic rings. The van der Waals surface area contributed by atoms with E-state index in [9.17, 15) is 0 Å². The van der Waals surface area contributed by atoms with Crippen LogP contribution in [0.4, 0.5) is 0 Å². The number of rotatable bonds is 4. The topological polar surface area (TPSA) is 47.3 Å². The number of ether oxygens (including phenoxy) is 1. The lowest BCUT2D eigenvalue weighted by Crippen LogP contribution is -2.52. The first kappa shape index (κ1) is 12.0. The van der Waals surface area contributed by atoms with Gasteiger partial charge in [-0.25, -0.2) is 0 Å². The zero-order valence-electron chi connectivity index (χ0n) is 9.84. The molecule has 1 fully saturated rings. The summed E-state index contributed by atoms with van der Waals surface area (Å²) in [7, 11) is 0. The molecule has 1 rings (SSSR count). The Morgan fingerprint density at radius 1 is 1.57 bits per heavy atom. The molecular weight excluding hydrogens is 176 g/mol. The van der Waals surface area contributed by atoms with Gasteiger partial charge in [0.05, 0.1) is 6.10 Å². The summed E-state index contributed by atoms with van der Waals surface area (Å²) in [5.41, 5.74) is 6.11. The number of nitrogens with two attached hydrogens (primary N) is 1. The van der Waals surface area contributed by atoms with Crippen LogP contribution in [0.15, 0.2) is 0 Å². The van der Waals surface area contributed by atoms with Gasteiger partial charge in [0.25, 0.3) is 0 Å². The predicted molar refractivity (Wildman–Crippen MR) is 59.3 cm³/mol. The Bertz CT molecular complexity index is 184. The molecule has 84 valence electrons. The molecule has 0 aromatic heterocycles. The van der Waals surface area contributed by atoms with Gasteiger partial charge >= 0.3 is 0 Å². The maximum atomic E-state index is 6.00. The second-order valence-electron chi connectivity index (χ2n) is 4.97. The van der Waals surface area contributed by atoms with Gasteiger partial charge in [0.2, 0.25) is 0 Å². The summed E-state index contributed by atoms with van der Waals surface area (Å²) in [4.78, 5) is 0. The smallest absolute Gasteiger partial charge is 0.0726 e. The van der Waals surface area contributed by atoms with Crippen molar-refractivity contribution in [2.75, 3.05) is 13.2 Å². The van der Waals surface area contributed by atoms with Gasteiger partial charge in [-0.2, -0.15) is 0 Å². The van der Waals surface area contributed by atoms with Crippen molar-refractivity contribution in [1.82, 2.24) is 5.32 Å². The molecule has 0 radical (unpaired) electrons. The SMILES string of the molecule is CC(C)C(N)CNC1(C)CCOC1C. The van der Waals surface area contributed by atoms with Gasteiger partial charge in [-0.3, -0.25) is 0 Å². The highest BCUT2D eigenvalue weighted by Crippen LogP contribution is 2.24. The molecule has 3 N–H and O–H groups in total. The van der Waals surface area contributed by atoms with Crippen molar-refractivity contribution in [2.24, 2.45) is 11.7 Å². The summed E-state index contributed by atoms with van der Waals surface area (Å²) in [6, 6.07) is 0.236. The second-order valence-corrected chi connectivity index (χ2v) is 4.97. The summed E-state index contributed by atoms with van der Waals surface area (Å²) in [6.07, 6.45) is 1.38. The molecule has 0 bridgehead atoms. The van der Waals surface area contributed by atoms with E-state index in [0.29, 0.717) is 12.0 Å². The zero-order chi connectivity index (χ0) is 10.8. The van der Waals surface area contributed by atoms with E-state index >= 15 is 0 Å². The average Bonchev–Trinajstić information content (AvgIpc) is 2.44. The van der Waals surface area contributed by atoms with E-state index in [2.05, 4.69) is 33.0 Å². The fourth-order valence-electron chi connectivity index (χ4n) is 1.65. The van der Waals surface area contributed by atoms with Crippen LogP contribution >= 0.6 is 0 Å². The summed E-state index contributed by atoms with van der Waals surface area (Å²) in [5, 5.41) is 3.54. The molecule has 1 aliphatic rings. The molecule has 0 aromatic carbocycles. The Labute approximate surface area is 87.4 Å². The van der Waals surface area contributed by atoms with E-state index < -0.39 is 0 Å². The quantitative estimate of drug-likeness (QED) is 0.715. The number of hydrogen-bond acceptors (Lipinski definition) is 3. The normalized spacial score (nSPS) is 35.1. The van der Waals surface area contributed by atoms with E-state index in [-0.39, 0.29) is 11.6 Å². The Morgan fingerprint density at radius 2 is 2.21 bits per heavy atom. The van der Waals surface area contributed by atoms with Crippen LogP contribution in [-0.2, 0) is 4.74 Å². The minimum absolute atomic E-state index is 0.118. The van der Waals surface area contributed by atoms with Gasteiger partial charge in [-0.05, 0) is 26.2 Å². The molecule has 1 saturated heterocycles. The lowest BCUT2D eigenvalue weighted by atomic mass is 9.93. The molecule has 14 heavy (non-hydrogen) atoms. The minimum atomic E-state index is 0.118. The second kappa shape index (κ2) is 4.60. The highest BCUT2D eigenvalue weighted by molar-refractivity contribution is 4.94. The summed E-state index contributed by atoms with van der Waals surface area (Å²) >= 11 is 0. The van der Waals surface area contributed by atoms with Crippen LogP contribution in [0.25, 0.3) is 0 Å². The fraction of sp³-hybridized carbons (Fsp3) is 1.00. The van der Waals surface area contributed by atoms with Crippen LogP contribution in [0, 0.1) is 5.92 Å². The van der Waals surface area contributed by atoms with E-state index in [1.54, 1.807) is 0 Å². The molecule has 3 nitrogen and oxygen atoms in total. The molecule has 0 saturated carbocycles. The monoisotopic (exact) mass is 200 g/mol. The number of nitrogens with one attached hydrogen (secondary N) is 1. The van der Waals surface area contributed by atoms with Crippen molar-refractivity contribution >= 4 is 0 Å². The molecule has 3 unspecified atom stereocenters. The van der Waals surface area contributed by atoms with Crippen molar-refractivity contribution in [2.45, 2.75) is 51.8 Å². The molecule has 3 atom stereocenters. The van der Waals surface area contributed by atoms with Crippen molar-refractivity contribution in [3.05, 3.63) is 0 Å². The highest BCUT2D eigenvalue weighted by atomic mass is 16.5. The minimum Gasteiger partial charge on any atom is -0.377 e. The Kier molecular flexibility index (Phi) is 3.93. The maximum Gasteiger partial charge on any atom is 0.0726 e. The first-order valence-corrected chi connectivity index (χ1v) is 5.58. The Balaban J connectivity index is 2.36. The number of hydrogen-bond donors (Lipinski definition) is 2. The fourth-order valence-corrected chi connectivity index (χ4v) is 1.65. The predicted octanol–water partition coefficient (Wildman–Crippen LogP) is 1.13. The van der Waals surface area contributed by atoms with Crippen LogP contribution in [0.2, 0.25) is 0 Å². The lowest BCUT2D eigenvalue weighted by molar-refractivity contribution is 0.0877. The van der Waals surface area contributed by atoms with Gasteiger partial charge in [-0.1, -0.05) is 13.8 Å². The summed E-state index contributed by atoms with van der Waals surface area (Å²) in [6.45, 7) is 10.4. The van der Waals surface area contributed by atoms with Crippen molar-refractivity contribution in [3.8, 4) is 0 Å². The van der Waals surface area contributed by atoms with E-state index in [1.165, 1.54) is 0 Å². The van der Waals surface area contributed by atoms with E-state index in [1.807, 2.05) is 0 Å². The van der Waals surface area contributed by atoms with Crippen LogP contribution in [-0.4, -0.2) is 30.8 Å². The first-order valence-electron chi connectivity index (χ1n) is 5.58. The highest BCUT2D eigenvalue weighted by Gasteiger charge is 2.36. The molecule has 0 spiro atoms. The first-order chi connectivity index (χ1) is 6.46. The lowest BCUT2D eigenvalue weighted by Gasteiger charge is -2.31. The van der Waals surface area contributed by atoms with Crippen LogP contribution < -0.4 is 11.1 Å². The van der Waals surface area contributed by atoms with Crippen LogP contribution in [0.1, 0.15) is 34.1 Å². The van der Waals surface area contributed by atoms with Crippen molar-refractivity contribution < 1.29 is 4.74 Å². The molecule has 1 aliphatic heterocycles. The Hall–Kier alpha value is -0.120. The van der Waals surface area contributed by atoms with E-state index in [0.717, 1.165) is 19.6 Å². The zero-order valence-corrected chi connectivity index (χ0v) is 9.84. The average molecular weight is 200 g/mol. The van der Waals surface area contributed by atoms with Gasteiger partial charge in [0.15, 0.2) is 0 Å². The van der Waals surface area contributed by atoms with Crippen molar-refractivity contribution in [3.63, 3.8) is 0 Å². The molecule has 3 heteroatoms. The largest absolute Gasteiger partial charge is 0.377 e. The van der Waals surface area contributed by atoms with Gasteiger partial charge in [0.1, 0.15) is 0 Å². The molecular formula is C11H24N2O. The molecule has 1 heterocycles. The third-order valence-corrected chi connectivity index (χ3v) is 3.48. The van der Waals surface area contributed by atoms with E-state index in [4.69, 9.17) is 10.5 Å².